The zero-order valence-electron chi connectivity index (χ0n) is 9.65. The SMILES string of the molecule is Cn1cc(C2(O)CC2)c(C2CCOCC2)n1. The van der Waals surface area contributed by atoms with E-state index in [1.54, 1.807) is 0 Å². The van der Waals surface area contributed by atoms with Crippen LogP contribution >= 0.6 is 0 Å². The summed E-state index contributed by atoms with van der Waals surface area (Å²) >= 11 is 0. The maximum absolute atomic E-state index is 10.2. The van der Waals surface area contributed by atoms with Gasteiger partial charge in [0.05, 0.1) is 11.3 Å². The highest BCUT2D eigenvalue weighted by molar-refractivity contribution is 5.32. The van der Waals surface area contributed by atoms with E-state index in [9.17, 15) is 5.11 Å². The molecule has 1 N–H and O–H groups in total. The molecule has 0 atom stereocenters. The Balaban J connectivity index is 1.92. The second-order valence-corrected chi connectivity index (χ2v) is 5.02. The third kappa shape index (κ3) is 1.66. The minimum absolute atomic E-state index is 0.467. The number of ether oxygens (including phenoxy) is 1. The predicted octanol–water partition coefficient (Wildman–Crippen LogP) is 1.30. The number of nitrogens with zero attached hydrogens (tertiary/aromatic N) is 2. The van der Waals surface area contributed by atoms with Crippen molar-refractivity contribution in [2.75, 3.05) is 13.2 Å². The van der Waals surface area contributed by atoms with Gasteiger partial charge in [-0.2, -0.15) is 5.10 Å². The molecule has 2 fully saturated rings. The average Bonchev–Trinajstić information content (AvgIpc) is 2.91. The maximum atomic E-state index is 10.2. The number of aryl methyl sites for hydroxylation is 1. The zero-order valence-corrected chi connectivity index (χ0v) is 9.65. The van der Waals surface area contributed by atoms with Crippen molar-refractivity contribution in [2.45, 2.75) is 37.2 Å². The fourth-order valence-corrected chi connectivity index (χ4v) is 2.52. The molecule has 1 saturated carbocycles. The number of hydrogen-bond donors (Lipinski definition) is 1. The van der Waals surface area contributed by atoms with Crippen molar-refractivity contribution in [1.82, 2.24) is 9.78 Å². The Labute approximate surface area is 95.2 Å². The second kappa shape index (κ2) is 3.57. The van der Waals surface area contributed by atoms with Gasteiger partial charge in [-0.15, -0.1) is 0 Å². The summed E-state index contributed by atoms with van der Waals surface area (Å²) < 4.78 is 7.20. The summed E-state index contributed by atoms with van der Waals surface area (Å²) in [4.78, 5) is 0. The number of aromatic nitrogens is 2. The van der Waals surface area contributed by atoms with Crippen LogP contribution in [0.2, 0.25) is 0 Å². The van der Waals surface area contributed by atoms with Crippen molar-refractivity contribution >= 4 is 0 Å². The monoisotopic (exact) mass is 222 g/mol. The zero-order chi connectivity index (χ0) is 11.2. The van der Waals surface area contributed by atoms with Crippen LogP contribution in [0.4, 0.5) is 0 Å². The van der Waals surface area contributed by atoms with Crippen LogP contribution in [0.25, 0.3) is 0 Å². The molecular formula is C12H18N2O2. The first-order chi connectivity index (χ1) is 7.69. The first kappa shape index (κ1) is 10.3. The molecular weight excluding hydrogens is 204 g/mol. The van der Waals surface area contributed by atoms with Gasteiger partial charge in [0.1, 0.15) is 0 Å². The lowest BCUT2D eigenvalue weighted by Gasteiger charge is -2.22. The molecule has 0 radical (unpaired) electrons. The molecule has 4 nitrogen and oxygen atoms in total. The fraction of sp³-hybridized carbons (Fsp3) is 0.750. The van der Waals surface area contributed by atoms with E-state index in [0.29, 0.717) is 5.92 Å². The summed E-state index contributed by atoms with van der Waals surface area (Å²) in [6.07, 6.45) is 5.81. The van der Waals surface area contributed by atoms with E-state index < -0.39 is 5.60 Å². The molecule has 1 aromatic heterocycles. The molecule has 1 saturated heterocycles. The van der Waals surface area contributed by atoms with Gasteiger partial charge in [0.2, 0.25) is 0 Å². The van der Waals surface area contributed by atoms with Gasteiger partial charge >= 0.3 is 0 Å². The summed E-state index contributed by atoms with van der Waals surface area (Å²) in [5.41, 5.74) is 1.59. The summed E-state index contributed by atoms with van der Waals surface area (Å²) in [5.74, 6) is 0.467. The summed E-state index contributed by atoms with van der Waals surface area (Å²) in [6.45, 7) is 1.64. The third-order valence-electron chi connectivity index (χ3n) is 3.69. The van der Waals surface area contributed by atoms with Gasteiger partial charge < -0.3 is 9.84 Å². The first-order valence-electron chi connectivity index (χ1n) is 6.03. The van der Waals surface area contributed by atoms with E-state index in [4.69, 9.17) is 4.74 Å². The van der Waals surface area contributed by atoms with Crippen molar-refractivity contribution in [1.29, 1.82) is 0 Å². The Morgan fingerprint density at radius 2 is 2.12 bits per heavy atom. The van der Waals surface area contributed by atoms with Crippen LogP contribution in [0.15, 0.2) is 6.20 Å². The van der Waals surface area contributed by atoms with E-state index in [0.717, 1.165) is 50.2 Å². The minimum Gasteiger partial charge on any atom is -0.385 e. The fourth-order valence-electron chi connectivity index (χ4n) is 2.52. The highest BCUT2D eigenvalue weighted by Crippen LogP contribution is 2.48. The van der Waals surface area contributed by atoms with E-state index in [2.05, 4.69) is 5.10 Å². The quantitative estimate of drug-likeness (QED) is 0.820. The standard InChI is InChI=1S/C12H18N2O2/c1-14-8-10(12(15)4-5-12)11(13-14)9-2-6-16-7-3-9/h8-9,15H,2-7H2,1H3. The molecule has 0 unspecified atom stereocenters. The lowest BCUT2D eigenvalue weighted by molar-refractivity contribution is 0.0827. The van der Waals surface area contributed by atoms with Crippen molar-refractivity contribution < 1.29 is 9.84 Å². The average molecular weight is 222 g/mol. The molecule has 3 rings (SSSR count). The Morgan fingerprint density at radius 1 is 1.44 bits per heavy atom. The summed E-state index contributed by atoms with van der Waals surface area (Å²) in [7, 11) is 1.93. The number of hydrogen-bond acceptors (Lipinski definition) is 3. The Morgan fingerprint density at radius 3 is 2.75 bits per heavy atom. The van der Waals surface area contributed by atoms with Crippen molar-refractivity contribution in [3.63, 3.8) is 0 Å². The van der Waals surface area contributed by atoms with Crippen LogP contribution < -0.4 is 0 Å². The van der Waals surface area contributed by atoms with Crippen LogP contribution in [0.5, 0.6) is 0 Å². The predicted molar refractivity (Wildman–Crippen MR) is 59.1 cm³/mol. The van der Waals surface area contributed by atoms with Crippen LogP contribution in [0.3, 0.4) is 0 Å². The molecule has 0 spiro atoms. The van der Waals surface area contributed by atoms with Gasteiger partial charge in [-0.1, -0.05) is 0 Å². The lowest BCUT2D eigenvalue weighted by Crippen LogP contribution is -2.17. The van der Waals surface area contributed by atoms with Gasteiger partial charge in [-0.25, -0.2) is 0 Å². The van der Waals surface area contributed by atoms with Crippen LogP contribution in [-0.4, -0.2) is 28.1 Å². The Kier molecular flexibility index (Phi) is 2.30. The summed E-state index contributed by atoms with van der Waals surface area (Å²) in [6, 6.07) is 0. The van der Waals surface area contributed by atoms with Gasteiger partial charge in [0, 0.05) is 37.9 Å². The van der Waals surface area contributed by atoms with Crippen molar-refractivity contribution in [2.24, 2.45) is 7.05 Å². The highest BCUT2D eigenvalue weighted by Gasteiger charge is 2.45. The number of aliphatic hydroxyl groups is 1. The molecule has 2 aliphatic rings. The first-order valence-corrected chi connectivity index (χ1v) is 6.03. The smallest absolute Gasteiger partial charge is 0.0932 e. The Hall–Kier alpha value is -0.870. The van der Waals surface area contributed by atoms with Gasteiger partial charge in [-0.3, -0.25) is 4.68 Å². The molecule has 1 aliphatic heterocycles. The van der Waals surface area contributed by atoms with E-state index in [1.165, 1.54) is 0 Å². The van der Waals surface area contributed by atoms with E-state index in [-0.39, 0.29) is 0 Å². The molecule has 0 amide bonds. The lowest BCUT2D eigenvalue weighted by atomic mass is 9.92. The van der Waals surface area contributed by atoms with E-state index in [1.807, 2.05) is 17.9 Å². The van der Waals surface area contributed by atoms with Gasteiger partial charge in [-0.05, 0) is 25.7 Å². The molecule has 1 aliphatic carbocycles. The normalized spacial score (nSPS) is 24.6. The maximum Gasteiger partial charge on any atom is 0.0932 e. The van der Waals surface area contributed by atoms with Crippen LogP contribution in [-0.2, 0) is 17.4 Å². The molecule has 4 heteroatoms. The third-order valence-corrected chi connectivity index (χ3v) is 3.69. The number of rotatable bonds is 2. The van der Waals surface area contributed by atoms with Crippen molar-refractivity contribution in [3.8, 4) is 0 Å². The largest absolute Gasteiger partial charge is 0.385 e. The Bertz CT molecular complexity index is 390. The molecule has 88 valence electrons. The second-order valence-electron chi connectivity index (χ2n) is 5.02. The van der Waals surface area contributed by atoms with Crippen LogP contribution in [0.1, 0.15) is 42.9 Å². The van der Waals surface area contributed by atoms with Crippen molar-refractivity contribution in [3.05, 3.63) is 17.5 Å². The van der Waals surface area contributed by atoms with Gasteiger partial charge in [0.15, 0.2) is 0 Å². The van der Waals surface area contributed by atoms with Crippen LogP contribution in [0, 0.1) is 0 Å². The van der Waals surface area contributed by atoms with Gasteiger partial charge in [0.25, 0.3) is 0 Å². The highest BCUT2D eigenvalue weighted by atomic mass is 16.5. The molecule has 16 heavy (non-hydrogen) atoms. The minimum atomic E-state index is -0.568. The molecule has 0 aromatic carbocycles. The van der Waals surface area contributed by atoms with E-state index >= 15 is 0 Å². The summed E-state index contributed by atoms with van der Waals surface area (Å²) in [5, 5.41) is 14.8. The molecule has 2 heterocycles. The topological polar surface area (TPSA) is 47.3 Å². The molecule has 1 aromatic rings. The molecule has 0 bridgehead atoms.